The van der Waals surface area contributed by atoms with Crippen molar-refractivity contribution < 1.29 is 98.5 Å². The molecule has 0 bridgehead atoms. The largest absolute Gasteiger partial charge is 0.508 e. The molecule has 0 radical (unpaired) electrons. The zero-order chi connectivity index (χ0) is 46.8. The number of phenolic OH excluding ortho intramolecular Hbond substituents is 1. The van der Waals surface area contributed by atoms with Crippen LogP contribution in [0, 0.1) is 0 Å². The Kier molecular flexibility index (Phi) is 15.5. The fraction of sp³-hybridized carbons (Fsp3) is 0.535. The molecular weight excluding hydrogens is 852 g/mol. The lowest BCUT2D eigenvalue weighted by Crippen LogP contribution is -2.65. The van der Waals surface area contributed by atoms with E-state index in [9.17, 15) is 65.8 Å². The van der Waals surface area contributed by atoms with Crippen molar-refractivity contribution in [1.29, 1.82) is 0 Å². The van der Waals surface area contributed by atoms with E-state index in [1.54, 1.807) is 6.92 Å². The Hall–Kier alpha value is -4.56. The molecule has 3 aliphatic heterocycles. The van der Waals surface area contributed by atoms with Crippen LogP contribution in [0.5, 0.6) is 17.2 Å². The van der Waals surface area contributed by atoms with Crippen LogP contribution in [-0.4, -0.2) is 173 Å². The van der Waals surface area contributed by atoms with E-state index < -0.39 is 128 Å². The minimum atomic E-state index is -1.97. The van der Waals surface area contributed by atoms with Crippen molar-refractivity contribution >= 4 is 16.9 Å². The highest BCUT2D eigenvalue weighted by molar-refractivity contribution is 5.88. The molecule has 1 unspecified atom stereocenters. The summed E-state index contributed by atoms with van der Waals surface area (Å²) in [5.74, 6) is -1.94. The molecule has 21 heteroatoms. The molecule has 16 atom stereocenters. The highest BCUT2D eigenvalue weighted by Gasteiger charge is 2.52. The number of aliphatic hydroxyl groups is 10. The molecule has 3 aromatic rings. The van der Waals surface area contributed by atoms with Gasteiger partial charge in [-0.15, -0.1) is 6.58 Å². The quantitative estimate of drug-likeness (QED) is 0.0474. The number of fused-ring (bicyclic) bond motifs is 1. The van der Waals surface area contributed by atoms with Crippen molar-refractivity contribution in [2.45, 2.75) is 131 Å². The van der Waals surface area contributed by atoms with E-state index >= 15 is 0 Å². The predicted molar refractivity (Wildman–Crippen MR) is 217 cm³/mol. The van der Waals surface area contributed by atoms with Crippen LogP contribution in [0.3, 0.4) is 0 Å². The van der Waals surface area contributed by atoms with Crippen molar-refractivity contribution in [3.05, 3.63) is 77.0 Å². The van der Waals surface area contributed by atoms with Crippen LogP contribution in [0.4, 0.5) is 0 Å². The molecule has 21 nitrogen and oxygen atoms in total. The first-order chi connectivity index (χ1) is 30.3. The molecule has 2 aromatic carbocycles. The second kappa shape index (κ2) is 20.3. The van der Waals surface area contributed by atoms with E-state index in [1.165, 1.54) is 68.5 Å². The van der Waals surface area contributed by atoms with Gasteiger partial charge in [-0.25, -0.2) is 4.79 Å². The normalized spacial score (nSPS) is 34.5. The van der Waals surface area contributed by atoms with Crippen molar-refractivity contribution in [2.75, 3.05) is 13.2 Å². The van der Waals surface area contributed by atoms with Gasteiger partial charge < -0.3 is 93.7 Å². The van der Waals surface area contributed by atoms with Crippen molar-refractivity contribution in [2.24, 2.45) is 0 Å². The second-order valence-electron chi connectivity index (χ2n) is 16.1. The molecule has 0 aliphatic carbocycles. The SMILES string of the molecule is C=CC(C)(O)CC/C=C(\C)C(=O)O[C@H]1[C@H](Oc2ccc3c(=O)c(O[C@@H]4O[C@H](CO)[C@@H](O)[C@H](O)[C@H]4O[C@@H]4O[C@H](CO)[C@@H](O)[C@H](O)[C@H]4O)c(-c4ccc(O)cc4)oc3c2)O[C@@H](C)[C@H](O)[C@H]1O. The Morgan fingerprint density at radius 2 is 1.41 bits per heavy atom. The van der Waals surface area contributed by atoms with Crippen molar-refractivity contribution in [3.63, 3.8) is 0 Å². The Balaban J connectivity index is 1.34. The number of hydrogen-bond donors (Lipinski definition) is 11. The van der Waals surface area contributed by atoms with Gasteiger partial charge in [-0.3, -0.25) is 4.79 Å². The molecule has 11 N–H and O–H groups in total. The third-order valence-corrected chi connectivity index (χ3v) is 11.3. The van der Waals surface area contributed by atoms with Crippen LogP contribution in [0.15, 0.2) is 76.0 Å². The molecular formula is C43H54O21. The number of phenols is 1. The zero-order valence-electron chi connectivity index (χ0n) is 34.9. The van der Waals surface area contributed by atoms with Gasteiger partial charge in [0.2, 0.25) is 23.8 Å². The van der Waals surface area contributed by atoms with Crippen molar-refractivity contribution in [1.82, 2.24) is 0 Å². The molecule has 3 saturated heterocycles. The number of rotatable bonds is 15. The maximum atomic E-state index is 14.4. The van der Waals surface area contributed by atoms with E-state index in [4.69, 9.17) is 37.6 Å². The van der Waals surface area contributed by atoms with Crippen LogP contribution in [0.25, 0.3) is 22.3 Å². The summed E-state index contributed by atoms with van der Waals surface area (Å²) >= 11 is 0. The van der Waals surface area contributed by atoms with E-state index in [0.29, 0.717) is 0 Å². The molecule has 0 amide bonds. The maximum absolute atomic E-state index is 14.4. The van der Waals surface area contributed by atoms with Crippen LogP contribution in [0.1, 0.15) is 33.6 Å². The molecule has 1 aromatic heterocycles. The zero-order valence-corrected chi connectivity index (χ0v) is 34.9. The molecule has 3 fully saturated rings. The van der Waals surface area contributed by atoms with Gasteiger partial charge in [-0.05, 0) is 70.0 Å². The van der Waals surface area contributed by atoms with Gasteiger partial charge in [0.15, 0.2) is 24.3 Å². The first-order valence-electron chi connectivity index (χ1n) is 20.4. The van der Waals surface area contributed by atoms with Crippen LogP contribution >= 0.6 is 0 Å². The first kappa shape index (κ1) is 48.9. The Bertz CT molecular complexity index is 2170. The van der Waals surface area contributed by atoms with Crippen molar-refractivity contribution in [3.8, 4) is 28.6 Å². The van der Waals surface area contributed by atoms with E-state index in [2.05, 4.69) is 6.58 Å². The van der Waals surface area contributed by atoms with E-state index in [1.807, 2.05) is 0 Å². The third kappa shape index (κ3) is 10.4. The number of carbonyl (C=O) groups excluding carboxylic acids is 1. The number of aliphatic hydroxyl groups excluding tert-OH is 9. The van der Waals surface area contributed by atoms with Gasteiger partial charge >= 0.3 is 5.97 Å². The lowest BCUT2D eigenvalue weighted by molar-refractivity contribution is -0.358. The van der Waals surface area contributed by atoms with Gasteiger partial charge in [0.05, 0.1) is 30.3 Å². The molecule has 0 spiro atoms. The maximum Gasteiger partial charge on any atom is 0.333 e. The number of aromatic hydroxyl groups is 1. The Labute approximate surface area is 365 Å². The highest BCUT2D eigenvalue weighted by Crippen LogP contribution is 2.37. The summed E-state index contributed by atoms with van der Waals surface area (Å²) in [4.78, 5) is 27.6. The number of allylic oxidation sites excluding steroid dienone is 1. The first-order valence-corrected chi connectivity index (χ1v) is 20.4. The minimum absolute atomic E-state index is 0.0340. The van der Waals surface area contributed by atoms with Crippen LogP contribution in [0.2, 0.25) is 0 Å². The van der Waals surface area contributed by atoms with Gasteiger partial charge in [0, 0.05) is 17.2 Å². The van der Waals surface area contributed by atoms with Crippen LogP contribution in [-0.2, 0) is 28.5 Å². The van der Waals surface area contributed by atoms with Gasteiger partial charge in [0.1, 0.15) is 72.0 Å². The summed E-state index contributed by atoms with van der Waals surface area (Å²) in [5, 5.41) is 115. The molecule has 352 valence electrons. The topological polar surface area (TPSA) is 334 Å². The fourth-order valence-electron chi connectivity index (χ4n) is 7.23. The molecule has 6 rings (SSSR count). The van der Waals surface area contributed by atoms with E-state index in [0.717, 1.165) is 0 Å². The number of benzene rings is 2. The second-order valence-corrected chi connectivity index (χ2v) is 16.1. The number of hydrogen-bond acceptors (Lipinski definition) is 21. The lowest BCUT2D eigenvalue weighted by atomic mass is 9.97. The summed E-state index contributed by atoms with van der Waals surface area (Å²) in [6, 6.07) is 9.14. The average molecular weight is 907 g/mol. The summed E-state index contributed by atoms with van der Waals surface area (Å²) in [6.45, 7) is 6.38. The van der Waals surface area contributed by atoms with Gasteiger partial charge in [-0.2, -0.15) is 0 Å². The van der Waals surface area contributed by atoms with E-state index in [-0.39, 0.29) is 52.2 Å². The number of ether oxygens (including phenoxy) is 7. The summed E-state index contributed by atoms with van der Waals surface area (Å²) in [5.41, 5.74) is -1.89. The lowest BCUT2D eigenvalue weighted by Gasteiger charge is -2.45. The fourth-order valence-corrected chi connectivity index (χ4v) is 7.23. The molecule has 3 aliphatic rings. The predicted octanol–water partition coefficient (Wildman–Crippen LogP) is -1.41. The summed E-state index contributed by atoms with van der Waals surface area (Å²) in [6.07, 6.45) is -21.9. The number of carbonyl (C=O) groups is 1. The minimum Gasteiger partial charge on any atom is -0.508 e. The van der Waals surface area contributed by atoms with Crippen LogP contribution < -0.4 is 14.9 Å². The monoisotopic (exact) mass is 906 g/mol. The standard InChI is InChI=1S/C43H54O21/c1-5-43(4,56)14-6-7-18(2)39(55)62-37-32(52)27(47)19(3)57-41(37)58-22-12-13-23-24(15-22)59-35(20-8-10-21(46)11-9-20)36(28(23)48)63-42-38(33(53)30(50)26(17-45)61-42)64-40-34(54)31(51)29(49)25(16-44)60-40/h5,7-13,15,19,25-27,29-34,37-38,40-42,44-47,49-54,56H,1,6,14,16-17H2,2-4H3/b18-7+/t19-,25+,26+,27-,29+,30+,31-,32+,33-,34+,37+,38+,40-,41-,42-,43?/m0/s1. The smallest absolute Gasteiger partial charge is 0.333 e. The average Bonchev–Trinajstić information content (AvgIpc) is 3.27. The Morgan fingerprint density at radius 1 is 0.797 bits per heavy atom. The molecule has 64 heavy (non-hydrogen) atoms. The third-order valence-electron chi connectivity index (χ3n) is 11.3. The number of esters is 1. The van der Waals surface area contributed by atoms with Gasteiger partial charge in [0.25, 0.3) is 0 Å². The highest BCUT2D eigenvalue weighted by atomic mass is 16.8. The summed E-state index contributed by atoms with van der Waals surface area (Å²) in [7, 11) is 0. The summed E-state index contributed by atoms with van der Waals surface area (Å²) < 4.78 is 46.7. The van der Waals surface area contributed by atoms with Gasteiger partial charge in [-0.1, -0.05) is 12.2 Å². The molecule has 4 heterocycles. The molecule has 0 saturated carbocycles. The Morgan fingerprint density at radius 3 is 2.05 bits per heavy atom.